The molecule has 0 atom stereocenters. The molecule has 1 aromatic heterocycles. The summed E-state index contributed by atoms with van der Waals surface area (Å²) in [4.78, 5) is 30.3. The molecule has 4 aromatic rings. The average molecular weight is 552 g/mol. The minimum absolute atomic E-state index is 0.175. The van der Waals surface area contributed by atoms with Gasteiger partial charge in [0, 0.05) is 39.3 Å². The number of hydrogen-bond acceptors (Lipinski definition) is 6. The van der Waals surface area contributed by atoms with Crippen molar-refractivity contribution in [1.29, 1.82) is 0 Å². The molecular weight excluding hydrogens is 514 g/mol. The fourth-order valence-corrected chi connectivity index (χ4v) is 6.74. The first-order chi connectivity index (χ1) is 19.7. The smallest absolute Gasteiger partial charge is 0.233 e. The molecule has 0 unspecified atom stereocenters. The van der Waals surface area contributed by atoms with Gasteiger partial charge in [0.15, 0.2) is 5.82 Å². The number of nitrogens with zero attached hydrogens (tertiary/aromatic N) is 5. The van der Waals surface area contributed by atoms with Crippen LogP contribution in [-0.4, -0.2) is 70.7 Å². The number of piperazine rings is 1. The van der Waals surface area contributed by atoms with Crippen molar-refractivity contribution in [3.05, 3.63) is 96.1 Å². The zero-order valence-corrected chi connectivity index (χ0v) is 24.0. The number of rotatable bonds is 7. The third-order valence-corrected chi connectivity index (χ3v) is 9.14. The highest BCUT2D eigenvalue weighted by molar-refractivity contribution is 8.00. The zero-order chi connectivity index (χ0) is 27.3. The largest absolute Gasteiger partial charge is 0.354 e. The second-order valence-corrected chi connectivity index (χ2v) is 11.9. The Bertz CT molecular complexity index is 1380. The Labute approximate surface area is 241 Å². The van der Waals surface area contributed by atoms with E-state index in [1.54, 1.807) is 0 Å². The highest BCUT2D eigenvalue weighted by Gasteiger charge is 2.29. The lowest BCUT2D eigenvalue weighted by Gasteiger charge is -2.39. The monoisotopic (exact) mass is 551 g/mol. The zero-order valence-electron chi connectivity index (χ0n) is 23.2. The first-order valence-electron chi connectivity index (χ1n) is 14.4. The van der Waals surface area contributed by atoms with Crippen LogP contribution in [0.1, 0.15) is 36.9 Å². The summed E-state index contributed by atoms with van der Waals surface area (Å²) in [6, 6.07) is 29.6. The highest BCUT2D eigenvalue weighted by Crippen LogP contribution is 2.33. The molecule has 0 bridgehead atoms. The molecule has 7 heteroatoms. The molecule has 1 amide bonds. The molecule has 0 aliphatic carbocycles. The van der Waals surface area contributed by atoms with E-state index in [1.165, 1.54) is 22.9 Å². The van der Waals surface area contributed by atoms with Crippen LogP contribution in [0.5, 0.6) is 0 Å². The number of thioether (sulfide) groups is 1. The number of carbonyl (C=O) groups is 1. The average Bonchev–Trinajstić information content (AvgIpc) is 3.01. The van der Waals surface area contributed by atoms with E-state index in [2.05, 4.69) is 77.4 Å². The van der Waals surface area contributed by atoms with Gasteiger partial charge in [-0.3, -0.25) is 9.69 Å². The van der Waals surface area contributed by atoms with Crippen LogP contribution in [0.15, 0.2) is 90.0 Å². The Balaban J connectivity index is 1.13. The number of carbonyl (C=O) groups excluding carboxylic acids is 1. The van der Waals surface area contributed by atoms with Crippen molar-refractivity contribution in [2.24, 2.45) is 5.92 Å². The number of para-hydroxylation sites is 2. The van der Waals surface area contributed by atoms with Crippen LogP contribution in [0, 0.1) is 5.92 Å². The maximum absolute atomic E-state index is 13.4. The summed E-state index contributed by atoms with van der Waals surface area (Å²) in [5.74, 6) is 2.23. The minimum atomic E-state index is 0.175. The van der Waals surface area contributed by atoms with E-state index in [4.69, 9.17) is 9.97 Å². The van der Waals surface area contributed by atoms with Gasteiger partial charge in [-0.05, 0) is 42.0 Å². The highest BCUT2D eigenvalue weighted by atomic mass is 32.2. The number of fused-ring (bicyclic) bond motifs is 1. The molecule has 3 heterocycles. The number of hydrogen-bond donors (Lipinski definition) is 0. The van der Waals surface area contributed by atoms with Gasteiger partial charge in [-0.25, -0.2) is 9.97 Å². The first kappa shape index (κ1) is 26.8. The standard InChI is InChI=1S/C33H37N5OS/c1-25-16-18-38(19-17-25)32-33(35-29-15-9-8-14-28(29)34-32)40-24-30(39)36-20-22-37(23-21-36)31(26-10-4-2-5-11-26)27-12-6-3-7-13-27/h2-15,25,31H,16-24H2,1H3. The van der Waals surface area contributed by atoms with E-state index < -0.39 is 0 Å². The lowest BCUT2D eigenvalue weighted by atomic mass is 9.96. The number of benzene rings is 3. The summed E-state index contributed by atoms with van der Waals surface area (Å²) in [6.07, 6.45) is 2.32. The van der Waals surface area contributed by atoms with Gasteiger partial charge in [0.25, 0.3) is 0 Å². The Morgan fingerprint density at radius 1 is 0.775 bits per heavy atom. The van der Waals surface area contributed by atoms with Gasteiger partial charge in [-0.2, -0.15) is 0 Å². The van der Waals surface area contributed by atoms with Crippen molar-refractivity contribution < 1.29 is 4.79 Å². The Kier molecular flexibility index (Phi) is 8.30. The van der Waals surface area contributed by atoms with E-state index in [0.29, 0.717) is 5.75 Å². The van der Waals surface area contributed by atoms with Gasteiger partial charge < -0.3 is 9.80 Å². The molecule has 6 nitrogen and oxygen atoms in total. The van der Waals surface area contributed by atoms with Crippen LogP contribution in [0.4, 0.5) is 5.82 Å². The predicted molar refractivity (Wildman–Crippen MR) is 164 cm³/mol. The number of piperidine rings is 1. The number of amides is 1. The minimum Gasteiger partial charge on any atom is -0.354 e. The SMILES string of the molecule is CC1CCN(c2nc3ccccc3nc2SCC(=O)N2CCN(C(c3ccccc3)c3ccccc3)CC2)CC1. The molecular formula is C33H37N5OS. The van der Waals surface area contributed by atoms with Crippen molar-refractivity contribution >= 4 is 34.5 Å². The van der Waals surface area contributed by atoms with E-state index >= 15 is 0 Å². The Morgan fingerprint density at radius 3 is 1.93 bits per heavy atom. The van der Waals surface area contributed by atoms with Crippen molar-refractivity contribution in [3.8, 4) is 0 Å². The molecule has 0 radical (unpaired) electrons. The maximum atomic E-state index is 13.4. The van der Waals surface area contributed by atoms with E-state index in [-0.39, 0.29) is 11.9 Å². The summed E-state index contributed by atoms with van der Waals surface area (Å²) < 4.78 is 0. The van der Waals surface area contributed by atoms with Crippen LogP contribution in [0.25, 0.3) is 11.0 Å². The Hall–Kier alpha value is -3.42. The maximum Gasteiger partial charge on any atom is 0.233 e. The van der Waals surface area contributed by atoms with Gasteiger partial charge in [0.2, 0.25) is 5.91 Å². The molecule has 2 fully saturated rings. The van der Waals surface area contributed by atoms with Crippen molar-refractivity contribution in [1.82, 2.24) is 19.8 Å². The van der Waals surface area contributed by atoms with Gasteiger partial charge >= 0.3 is 0 Å². The fourth-order valence-electron chi connectivity index (χ4n) is 5.83. The van der Waals surface area contributed by atoms with Gasteiger partial charge in [0.05, 0.1) is 22.8 Å². The molecule has 0 N–H and O–H groups in total. The third kappa shape index (κ3) is 6.01. The van der Waals surface area contributed by atoms with Gasteiger partial charge in [-0.1, -0.05) is 91.5 Å². The second-order valence-electron chi connectivity index (χ2n) is 10.9. The summed E-state index contributed by atoms with van der Waals surface area (Å²) in [6.45, 7) is 7.45. The van der Waals surface area contributed by atoms with Crippen molar-refractivity contribution in [3.63, 3.8) is 0 Å². The number of anilines is 1. The molecule has 206 valence electrons. The normalized spacial score (nSPS) is 17.1. The molecule has 2 aliphatic heterocycles. The van der Waals surface area contributed by atoms with E-state index in [9.17, 15) is 4.79 Å². The first-order valence-corrected chi connectivity index (χ1v) is 15.4. The van der Waals surface area contributed by atoms with Crippen LogP contribution >= 0.6 is 11.8 Å². The molecule has 0 saturated carbocycles. The molecule has 0 spiro atoms. The molecule has 2 saturated heterocycles. The van der Waals surface area contributed by atoms with Crippen molar-refractivity contribution in [2.45, 2.75) is 30.8 Å². The molecule has 6 rings (SSSR count). The lowest BCUT2D eigenvalue weighted by molar-refractivity contribution is -0.130. The molecule has 3 aromatic carbocycles. The quantitative estimate of drug-likeness (QED) is 0.267. The summed E-state index contributed by atoms with van der Waals surface area (Å²) in [5, 5.41) is 0.869. The summed E-state index contributed by atoms with van der Waals surface area (Å²) in [5.41, 5.74) is 4.37. The fraction of sp³-hybridized carbons (Fsp3) is 0.364. The lowest BCUT2D eigenvalue weighted by Crippen LogP contribution is -2.50. The van der Waals surface area contributed by atoms with E-state index in [1.807, 2.05) is 29.2 Å². The topological polar surface area (TPSA) is 52.6 Å². The third-order valence-electron chi connectivity index (χ3n) is 8.20. The summed E-state index contributed by atoms with van der Waals surface area (Å²) in [7, 11) is 0. The van der Waals surface area contributed by atoms with E-state index in [0.717, 1.165) is 79.9 Å². The predicted octanol–water partition coefficient (Wildman–Crippen LogP) is 5.89. The van der Waals surface area contributed by atoms with Crippen molar-refractivity contribution in [2.75, 3.05) is 49.9 Å². The summed E-state index contributed by atoms with van der Waals surface area (Å²) >= 11 is 1.54. The molecule has 40 heavy (non-hydrogen) atoms. The van der Waals surface area contributed by atoms with Crippen LogP contribution in [0.3, 0.4) is 0 Å². The Morgan fingerprint density at radius 2 is 1.32 bits per heavy atom. The van der Waals surface area contributed by atoms with Gasteiger partial charge in [-0.15, -0.1) is 0 Å². The number of aromatic nitrogens is 2. The van der Waals surface area contributed by atoms with Gasteiger partial charge in [0.1, 0.15) is 5.03 Å². The van der Waals surface area contributed by atoms with Crippen LogP contribution in [0.2, 0.25) is 0 Å². The van der Waals surface area contributed by atoms with Crippen LogP contribution < -0.4 is 4.90 Å². The second kappa shape index (κ2) is 12.4. The van der Waals surface area contributed by atoms with Crippen LogP contribution in [-0.2, 0) is 4.79 Å². The molecule has 2 aliphatic rings.